The smallest absolute Gasteiger partial charge is 0.157 e. The molecule has 8 aliphatic carbocycles. The molecule has 8 atom stereocenters. The highest BCUT2D eigenvalue weighted by molar-refractivity contribution is 5.95. The van der Waals surface area contributed by atoms with Crippen molar-refractivity contribution in [1.29, 1.82) is 0 Å². The molecule has 140 heavy (non-hydrogen) atoms. The molecule has 18 heteroatoms. The van der Waals surface area contributed by atoms with Crippen LogP contribution in [-0.4, -0.2) is 158 Å². The number of Topliss-reactive ketones (excluding diaryl/α,β-unsaturated/α-hetero) is 8. The van der Waals surface area contributed by atoms with E-state index < -0.39 is 27.7 Å². The highest BCUT2D eigenvalue weighted by Crippen LogP contribution is 2.47. The van der Waals surface area contributed by atoms with Crippen LogP contribution in [0.2, 0.25) is 0 Å². The Morgan fingerprint density at radius 2 is 0.621 bits per heavy atom. The molecule has 0 radical (unpaired) electrons. The number of hydrogen-bond acceptors (Lipinski definition) is 18. The second-order valence-corrected chi connectivity index (χ2v) is 40.6. The number of aliphatic hydroxyl groups is 1. The lowest BCUT2D eigenvalue weighted by molar-refractivity contribution is -0.136. The molecular formula is C122H168N8O10. The van der Waals surface area contributed by atoms with Crippen LogP contribution in [0.4, 0.5) is 0 Å². The molecule has 756 valence electrons. The van der Waals surface area contributed by atoms with Gasteiger partial charge in [0.1, 0.15) is 44.3 Å². The first-order valence-electron chi connectivity index (χ1n) is 53.9. The summed E-state index contributed by atoms with van der Waals surface area (Å²) in [6, 6.07) is 78.3. The van der Waals surface area contributed by atoms with Gasteiger partial charge in [-0.1, -0.05) is 320 Å². The summed E-state index contributed by atoms with van der Waals surface area (Å²) in [5.41, 5.74) is 8.27. The first-order valence-corrected chi connectivity index (χ1v) is 53.9. The van der Waals surface area contributed by atoms with Gasteiger partial charge in [-0.15, -0.1) is 0 Å². The number of piperidine rings is 1. The number of likely N-dealkylation sites (N-methyl/N-ethyl adjacent to an activating group) is 3. The zero-order valence-electron chi connectivity index (χ0n) is 86.4. The van der Waals surface area contributed by atoms with Gasteiger partial charge in [0.2, 0.25) is 0 Å². The summed E-state index contributed by atoms with van der Waals surface area (Å²) in [6.07, 6.45) is 36.8. The highest BCUT2D eigenvalue weighted by atomic mass is 16.5. The largest absolute Gasteiger partial charge is 0.395 e. The maximum atomic E-state index is 12.8. The van der Waals surface area contributed by atoms with Crippen molar-refractivity contribution in [3.63, 3.8) is 0 Å². The lowest BCUT2D eigenvalue weighted by Crippen LogP contribution is -2.55. The van der Waals surface area contributed by atoms with Crippen molar-refractivity contribution in [2.75, 3.05) is 86.3 Å². The average molecular weight is 1910 g/mol. The summed E-state index contributed by atoms with van der Waals surface area (Å²) in [7, 11) is 3.57. The van der Waals surface area contributed by atoms with E-state index >= 15 is 0 Å². The average Bonchev–Trinajstić information content (AvgIpc) is 1.18. The molecule has 10 aliphatic rings. The van der Waals surface area contributed by atoms with Gasteiger partial charge < -0.3 is 20.5 Å². The fourth-order valence-corrected chi connectivity index (χ4v) is 24.4. The van der Waals surface area contributed by atoms with Crippen LogP contribution in [0, 0.1) is 13.8 Å². The van der Waals surface area contributed by atoms with E-state index in [4.69, 9.17) is 9.84 Å². The van der Waals surface area contributed by atoms with E-state index in [0.717, 1.165) is 234 Å². The molecule has 0 aromatic heterocycles. The first kappa shape index (κ1) is 111. The summed E-state index contributed by atoms with van der Waals surface area (Å²) in [6.45, 7) is 23.6. The van der Waals surface area contributed by atoms with Crippen LogP contribution in [0.3, 0.4) is 0 Å². The summed E-state index contributed by atoms with van der Waals surface area (Å²) < 4.78 is 5.08. The van der Waals surface area contributed by atoms with Crippen LogP contribution in [0.15, 0.2) is 231 Å². The maximum absolute atomic E-state index is 12.8. The molecule has 8 aromatic rings. The zero-order chi connectivity index (χ0) is 99.8. The van der Waals surface area contributed by atoms with Crippen molar-refractivity contribution in [1.82, 2.24) is 41.3 Å². The topological polar surface area (TPSA) is 236 Å². The van der Waals surface area contributed by atoms with Gasteiger partial charge in [-0.25, -0.2) is 0 Å². The molecule has 2 aliphatic heterocycles. The third-order valence-electron chi connectivity index (χ3n) is 31.5. The van der Waals surface area contributed by atoms with Crippen molar-refractivity contribution < 1.29 is 48.2 Å². The minimum atomic E-state index is -0.567. The number of aryl methyl sites for hydroxylation is 2. The minimum absolute atomic E-state index is 0.0574. The van der Waals surface area contributed by atoms with Crippen LogP contribution in [0.25, 0.3) is 0 Å². The Morgan fingerprint density at radius 3 is 0.950 bits per heavy atom. The number of carbonyl (C=O) groups is 8. The van der Waals surface area contributed by atoms with Crippen molar-refractivity contribution in [3.8, 4) is 0 Å². The van der Waals surface area contributed by atoms with Crippen LogP contribution in [-0.2, 0) is 87.4 Å². The molecule has 8 saturated carbocycles. The number of hydrogen-bond donors (Lipinski definition) is 6. The Balaban J connectivity index is 0.000000153. The summed E-state index contributed by atoms with van der Waals surface area (Å²) in [5, 5.41) is 25.9. The van der Waals surface area contributed by atoms with Gasteiger partial charge >= 0.3 is 0 Å². The number of aliphatic hydroxyl groups excluding tert-OH is 1. The molecule has 18 nitrogen and oxygen atoms in total. The van der Waals surface area contributed by atoms with Gasteiger partial charge in [0.15, 0.2) is 46.3 Å². The molecule has 10 fully saturated rings. The molecule has 18 rings (SSSR count). The molecule has 0 unspecified atom stereocenters. The molecule has 0 spiro atoms. The van der Waals surface area contributed by atoms with Crippen LogP contribution in [0.1, 0.15) is 328 Å². The molecule has 0 amide bonds. The minimum Gasteiger partial charge on any atom is -0.395 e. The monoisotopic (exact) mass is 1910 g/mol. The van der Waals surface area contributed by atoms with Crippen LogP contribution < -0.4 is 26.6 Å². The Kier molecular flexibility index (Phi) is 44.1. The van der Waals surface area contributed by atoms with Crippen molar-refractivity contribution in [2.24, 2.45) is 0 Å². The van der Waals surface area contributed by atoms with Gasteiger partial charge in [0.05, 0.1) is 13.2 Å². The number of ketones is 8. The number of likely N-dealkylation sites (tertiary alicyclic amines) is 2. The fourth-order valence-electron chi connectivity index (χ4n) is 24.4. The number of nitrogens with zero attached hydrogens (tertiary/aromatic N) is 3. The number of nitrogens with one attached hydrogen (secondary N) is 5. The molecule has 2 saturated heterocycles. The van der Waals surface area contributed by atoms with Crippen LogP contribution >= 0.6 is 0 Å². The Bertz CT molecular complexity index is 5050. The van der Waals surface area contributed by atoms with Crippen molar-refractivity contribution in [2.45, 2.75) is 336 Å². The normalized spacial score (nSPS) is 26.1. The van der Waals surface area contributed by atoms with Crippen molar-refractivity contribution >= 4 is 46.3 Å². The number of carbonyl (C=O) groups excluding carboxylic acids is 8. The third-order valence-corrected chi connectivity index (χ3v) is 31.5. The van der Waals surface area contributed by atoms with E-state index in [-0.39, 0.29) is 29.0 Å². The predicted octanol–water partition coefficient (Wildman–Crippen LogP) is 22.4. The van der Waals surface area contributed by atoms with E-state index in [1.54, 1.807) is 7.11 Å². The lowest BCUT2D eigenvalue weighted by atomic mass is 9.73. The number of ether oxygens (including phenoxy) is 1. The first-order chi connectivity index (χ1) is 68.0. The SMILES string of the molecule is CC(C)N[C@]1(c2ccccc2)CCCCC1=O.CCN(CC)[C@]1(c2ccccc2)CCCCC1=O.CCN[C@]1(c2cccc(C)c2)CCCCC1=O.CN[C@]1(c2cccc(C)c2)CCCCC1=O.COCCN[C@]1(c2ccccc2)CCCCC1=O.O=C1CCCC[C@@]1(c1ccccc1)N1CCCC1.O=C1CCCC[C@@]1(c1ccccc1)N1CCCCC1.O=C1CCCC[C@]1(NCCO)c1ccccc1. The van der Waals surface area contributed by atoms with Gasteiger partial charge in [-0.3, -0.25) is 69.0 Å². The van der Waals surface area contributed by atoms with Crippen molar-refractivity contribution in [3.05, 3.63) is 286 Å². The van der Waals surface area contributed by atoms with Gasteiger partial charge in [0.25, 0.3) is 0 Å². The van der Waals surface area contributed by atoms with E-state index in [1.165, 1.54) is 72.8 Å². The number of rotatable bonds is 25. The second-order valence-electron chi connectivity index (χ2n) is 40.6. The third kappa shape index (κ3) is 27.0. The summed E-state index contributed by atoms with van der Waals surface area (Å²) >= 11 is 0. The Labute approximate surface area is 839 Å². The molecule has 8 aromatic carbocycles. The summed E-state index contributed by atoms with van der Waals surface area (Å²) in [4.78, 5) is 107. The quantitative estimate of drug-likeness (QED) is 0.0292. The predicted molar refractivity (Wildman–Crippen MR) is 567 cm³/mol. The summed E-state index contributed by atoms with van der Waals surface area (Å²) in [5.74, 6) is 2.92. The maximum Gasteiger partial charge on any atom is 0.157 e. The molecule has 2 heterocycles. The zero-order valence-corrected chi connectivity index (χ0v) is 86.4. The van der Waals surface area contributed by atoms with Gasteiger partial charge in [-0.05, 0) is 253 Å². The number of benzene rings is 8. The van der Waals surface area contributed by atoms with Gasteiger partial charge in [0, 0.05) is 77.6 Å². The Morgan fingerprint density at radius 1 is 0.321 bits per heavy atom. The van der Waals surface area contributed by atoms with Gasteiger partial charge in [-0.2, -0.15) is 0 Å². The lowest BCUT2D eigenvalue weighted by Gasteiger charge is -2.47. The van der Waals surface area contributed by atoms with Crippen LogP contribution in [0.5, 0.6) is 0 Å². The fraction of sp³-hybridized carbons (Fsp3) is 0.541. The number of methoxy groups -OCH3 is 1. The molecule has 6 N–H and O–H groups in total. The van der Waals surface area contributed by atoms with E-state index in [2.05, 4.69) is 199 Å². The van der Waals surface area contributed by atoms with E-state index in [0.29, 0.717) is 98.3 Å². The van der Waals surface area contributed by atoms with E-state index in [9.17, 15) is 38.4 Å². The molecule has 0 bridgehead atoms. The standard InChI is InChI=1S/C17H23NO.C16H21NO.C16H23NO.C15H21NO2.2C15H21NO.C14H19NO2.C14H19NO/c19-16-11-5-6-12-17(16,15-9-3-1-4-10-15)18-13-7-2-8-14-18;18-15-10-4-5-11-16(15,17-12-6-7-13-17)14-8-2-1-3-9-14;1-3-17(4-2)16(13-9-8-12-15(16)18)14-10-6-5-7-11-14;1-18-12-11-16-15(10-6-5-9-14(15)17)13-7-3-2-4-8-13;1-12(2)16-15(11-7-6-10-14(15)17)13-8-4-3-5-9-13;1-3-16-15(10-5-4-9-14(15)17)13-8-6-7-12(2)11-13;16-11-10-15-14(9-5-4-8-13(14)17)12-6-2-1-3-7-12;1-11-6-5-7-12(10-11)14(15-2)9-4-3-8-13(14)16/h1,3-4,9-10H,2,5-8,11-14H2;1-3,8-9H,4-7,10-13H2;5-7,10-11H,3-4,8-9,12-13H2,1-2H3;2-4,7-8,16H,5-6,9-12H2,1H3;3-5,8-9,12,16H,6-7,10-11H2,1-2H3;6-8,11,16H,3-5,9-10H2,1-2H3;1-3,6-7,15-16H,4-5,8-11H2;5-7,10,15H,3-4,8-9H2,1-2H3/t17-;2*16-;3*15-;2*14-/m00000000/s1. The highest BCUT2D eigenvalue weighted by Gasteiger charge is 2.51. The Hall–Kier alpha value is -9.28. The molecular weight excluding hydrogens is 1740 g/mol. The van der Waals surface area contributed by atoms with E-state index in [1.807, 2.05) is 128 Å². The second kappa shape index (κ2) is 55.5.